The van der Waals surface area contributed by atoms with Gasteiger partial charge in [-0.25, -0.2) is 0 Å². The van der Waals surface area contributed by atoms with Crippen molar-refractivity contribution in [3.63, 3.8) is 0 Å². The van der Waals surface area contributed by atoms with Crippen molar-refractivity contribution in [2.24, 2.45) is 0 Å². The molecule has 2 heterocycles. The molecule has 0 saturated heterocycles. The van der Waals surface area contributed by atoms with E-state index < -0.39 is 5.54 Å². The number of carbonyl (C=O) groups excluding carboxylic acids is 3. The van der Waals surface area contributed by atoms with E-state index in [1.165, 1.54) is 9.80 Å². The number of aromatic nitrogens is 1. The van der Waals surface area contributed by atoms with Crippen molar-refractivity contribution in [1.82, 2.24) is 20.1 Å². The molecule has 0 fully saturated rings. The van der Waals surface area contributed by atoms with E-state index in [2.05, 4.69) is 34.9 Å². The molecule has 0 spiro atoms. The molecule has 0 saturated carbocycles. The van der Waals surface area contributed by atoms with Crippen molar-refractivity contribution >= 4 is 40.4 Å². The number of fused-ring (bicyclic) bond motifs is 3. The van der Waals surface area contributed by atoms with E-state index in [0.717, 1.165) is 16.5 Å². The van der Waals surface area contributed by atoms with Gasteiger partial charge in [-0.2, -0.15) is 0 Å². The number of rotatable bonds is 7. The molecule has 8 heteroatoms. The summed E-state index contributed by atoms with van der Waals surface area (Å²) in [7, 11) is 1.63. The van der Waals surface area contributed by atoms with E-state index in [1.54, 1.807) is 25.7 Å². The summed E-state index contributed by atoms with van der Waals surface area (Å²) >= 11 is 1.69. The average molecular weight is 465 g/mol. The van der Waals surface area contributed by atoms with Gasteiger partial charge in [0.25, 0.3) is 5.91 Å². The van der Waals surface area contributed by atoms with Gasteiger partial charge in [0.2, 0.25) is 11.8 Å². The molecule has 1 aromatic heterocycles. The molecule has 3 aromatic rings. The number of para-hydroxylation sites is 1. The first-order valence-corrected chi connectivity index (χ1v) is 12.1. The molecule has 0 radical (unpaired) electrons. The fourth-order valence-corrected chi connectivity index (χ4v) is 4.55. The summed E-state index contributed by atoms with van der Waals surface area (Å²) in [4.78, 5) is 41.1. The molecule has 0 bridgehead atoms. The lowest BCUT2D eigenvalue weighted by Crippen LogP contribution is -2.63. The summed E-state index contributed by atoms with van der Waals surface area (Å²) in [5, 5.41) is 6.52. The Hall–Kier alpha value is -3.26. The first-order valence-electron chi connectivity index (χ1n) is 10.9. The predicted octanol–water partition coefficient (Wildman–Crippen LogP) is 2.68. The Labute approximate surface area is 197 Å². The van der Waals surface area contributed by atoms with Crippen LogP contribution in [0.1, 0.15) is 23.0 Å². The molecule has 7 nitrogen and oxygen atoms in total. The molecule has 2 aromatic carbocycles. The maximum Gasteiger partial charge on any atom is 0.271 e. The summed E-state index contributed by atoms with van der Waals surface area (Å²) in [6.07, 6.45) is 2.75. The second-order valence-electron chi connectivity index (χ2n) is 8.44. The molecule has 0 aliphatic carbocycles. The summed E-state index contributed by atoms with van der Waals surface area (Å²) in [5.74, 6) is -0.832. The van der Waals surface area contributed by atoms with Crippen LogP contribution in [0.25, 0.3) is 10.9 Å². The minimum Gasteiger partial charge on any atom is -0.354 e. The predicted molar refractivity (Wildman–Crippen MR) is 130 cm³/mol. The minimum atomic E-state index is -1.11. The monoisotopic (exact) mass is 464 g/mol. The Morgan fingerprint density at radius 3 is 2.55 bits per heavy atom. The van der Waals surface area contributed by atoms with Crippen molar-refractivity contribution in [1.29, 1.82) is 0 Å². The highest BCUT2D eigenvalue weighted by atomic mass is 32.2. The van der Waals surface area contributed by atoms with Crippen LogP contribution >= 0.6 is 11.8 Å². The zero-order valence-electron chi connectivity index (χ0n) is 19.1. The van der Waals surface area contributed by atoms with Crippen LogP contribution in [0, 0.1) is 0 Å². The number of carbonyl (C=O) groups is 3. The number of thioether (sulfide) groups is 1. The number of nitrogens with one attached hydrogen (secondary N) is 2. The molecular weight excluding hydrogens is 436 g/mol. The standard InChI is InChI=1S/C25H28N4O3S/c1-25(16-29-20-7-5-4-6-18(20)14-21(29)23(31)28(25)2)24(32)27-15-22(30)26-13-12-17-8-10-19(33-3)11-9-17/h4-11,14H,12-13,15-16H2,1-3H3,(H,26,30)(H,27,32)/t25-/m1/s1. The van der Waals surface area contributed by atoms with E-state index in [1.807, 2.05) is 41.2 Å². The number of benzene rings is 2. The Bertz CT molecular complexity index is 1200. The van der Waals surface area contributed by atoms with Crippen molar-refractivity contribution in [2.75, 3.05) is 26.4 Å². The van der Waals surface area contributed by atoms with Crippen molar-refractivity contribution in [3.8, 4) is 0 Å². The fourth-order valence-electron chi connectivity index (χ4n) is 4.14. The van der Waals surface area contributed by atoms with Gasteiger partial charge in [0.05, 0.1) is 13.1 Å². The highest BCUT2D eigenvalue weighted by molar-refractivity contribution is 7.98. The van der Waals surface area contributed by atoms with Gasteiger partial charge in [-0.05, 0) is 49.4 Å². The fraction of sp³-hybridized carbons (Fsp3) is 0.320. The third-order valence-electron chi connectivity index (χ3n) is 6.33. The van der Waals surface area contributed by atoms with Crippen LogP contribution < -0.4 is 10.6 Å². The quantitative estimate of drug-likeness (QED) is 0.527. The van der Waals surface area contributed by atoms with Gasteiger partial charge in [-0.15, -0.1) is 11.8 Å². The molecule has 2 N–H and O–H groups in total. The van der Waals surface area contributed by atoms with Gasteiger partial charge in [0, 0.05) is 29.4 Å². The molecule has 1 aliphatic heterocycles. The van der Waals surface area contributed by atoms with Crippen LogP contribution in [0.15, 0.2) is 59.5 Å². The molecule has 3 amide bonds. The van der Waals surface area contributed by atoms with E-state index in [4.69, 9.17) is 0 Å². The third-order valence-corrected chi connectivity index (χ3v) is 7.08. The zero-order valence-corrected chi connectivity index (χ0v) is 19.9. The van der Waals surface area contributed by atoms with E-state index in [9.17, 15) is 14.4 Å². The lowest BCUT2D eigenvalue weighted by Gasteiger charge is -2.41. The lowest BCUT2D eigenvalue weighted by atomic mass is 9.95. The first-order chi connectivity index (χ1) is 15.8. The Morgan fingerprint density at radius 1 is 1.09 bits per heavy atom. The number of hydrogen-bond donors (Lipinski definition) is 2. The number of likely N-dealkylation sites (N-methyl/N-ethyl adjacent to an activating group) is 1. The first kappa shape index (κ1) is 22.9. The van der Waals surface area contributed by atoms with Gasteiger partial charge in [0.1, 0.15) is 11.2 Å². The van der Waals surface area contributed by atoms with Crippen LogP contribution in [0.3, 0.4) is 0 Å². The summed E-state index contributed by atoms with van der Waals surface area (Å²) < 4.78 is 1.89. The molecule has 4 rings (SSSR count). The molecule has 1 aliphatic rings. The van der Waals surface area contributed by atoms with Crippen molar-refractivity contribution in [2.45, 2.75) is 30.3 Å². The topological polar surface area (TPSA) is 83.4 Å². The van der Waals surface area contributed by atoms with Gasteiger partial charge >= 0.3 is 0 Å². The van der Waals surface area contributed by atoms with Crippen molar-refractivity contribution < 1.29 is 14.4 Å². The number of nitrogens with zero attached hydrogens (tertiary/aromatic N) is 2. The summed E-state index contributed by atoms with van der Waals surface area (Å²) in [5.41, 5.74) is 1.51. The third kappa shape index (κ3) is 4.48. The van der Waals surface area contributed by atoms with Crippen LogP contribution in [-0.4, -0.2) is 59.1 Å². The number of hydrogen-bond acceptors (Lipinski definition) is 4. The van der Waals surface area contributed by atoms with Crippen molar-refractivity contribution in [3.05, 3.63) is 65.9 Å². The second-order valence-corrected chi connectivity index (χ2v) is 9.32. The van der Waals surface area contributed by atoms with Crippen LogP contribution in [-0.2, 0) is 22.6 Å². The molecule has 172 valence electrons. The Kier molecular flexibility index (Phi) is 6.47. The maximum absolute atomic E-state index is 13.1. The van der Waals surface area contributed by atoms with Gasteiger partial charge in [-0.3, -0.25) is 14.4 Å². The smallest absolute Gasteiger partial charge is 0.271 e. The summed E-state index contributed by atoms with van der Waals surface area (Å²) in [6.45, 7) is 2.40. The molecule has 0 unspecified atom stereocenters. The molecular formula is C25H28N4O3S. The van der Waals surface area contributed by atoms with Crippen LogP contribution in [0.5, 0.6) is 0 Å². The summed E-state index contributed by atoms with van der Waals surface area (Å²) in [6, 6.07) is 17.8. The van der Waals surface area contributed by atoms with E-state index in [-0.39, 0.29) is 24.3 Å². The van der Waals surface area contributed by atoms with Crippen LogP contribution in [0.4, 0.5) is 0 Å². The normalized spacial score (nSPS) is 17.7. The minimum absolute atomic E-state index is 0.138. The van der Waals surface area contributed by atoms with E-state index in [0.29, 0.717) is 25.2 Å². The second kappa shape index (κ2) is 9.31. The Balaban J connectivity index is 1.35. The largest absolute Gasteiger partial charge is 0.354 e. The van der Waals surface area contributed by atoms with Gasteiger partial charge < -0.3 is 20.1 Å². The SMILES string of the molecule is CSc1ccc(CCNC(=O)CNC(=O)[C@@]2(C)Cn3c(cc4ccccc43)C(=O)N2C)cc1. The lowest BCUT2D eigenvalue weighted by molar-refractivity contribution is -0.134. The molecule has 1 atom stereocenters. The van der Waals surface area contributed by atoms with E-state index >= 15 is 0 Å². The molecule has 33 heavy (non-hydrogen) atoms. The maximum atomic E-state index is 13.1. The average Bonchev–Trinajstić information content (AvgIpc) is 3.20. The Morgan fingerprint density at radius 2 is 1.82 bits per heavy atom. The highest BCUT2D eigenvalue weighted by Gasteiger charge is 2.45. The van der Waals surface area contributed by atoms with Gasteiger partial charge in [0.15, 0.2) is 0 Å². The van der Waals surface area contributed by atoms with Gasteiger partial charge in [-0.1, -0.05) is 30.3 Å². The highest BCUT2D eigenvalue weighted by Crippen LogP contribution is 2.31. The number of amides is 3. The zero-order chi connectivity index (χ0) is 23.6. The van der Waals surface area contributed by atoms with Crippen LogP contribution in [0.2, 0.25) is 0 Å².